The lowest BCUT2D eigenvalue weighted by Crippen LogP contribution is -2.18. The van der Waals surface area contributed by atoms with Crippen LogP contribution in [-0.2, 0) is 13.5 Å². The monoisotopic (exact) mass is 306 g/mol. The van der Waals surface area contributed by atoms with Crippen LogP contribution in [0.3, 0.4) is 0 Å². The van der Waals surface area contributed by atoms with Gasteiger partial charge < -0.3 is 9.88 Å². The summed E-state index contributed by atoms with van der Waals surface area (Å²) in [4.78, 5) is 0. The van der Waals surface area contributed by atoms with Gasteiger partial charge in [0.05, 0.1) is 11.7 Å². The number of nitrogens with one attached hydrogen (secondary N) is 1. The number of anilines is 1. The minimum atomic E-state index is 0.319. The fraction of sp³-hybridized carbons (Fsp3) is 0.368. The molecule has 0 aliphatic heterocycles. The Kier molecular flexibility index (Phi) is 3.33. The van der Waals surface area contributed by atoms with Crippen molar-refractivity contribution < 1.29 is 0 Å². The van der Waals surface area contributed by atoms with Gasteiger partial charge in [0.2, 0.25) is 0 Å². The summed E-state index contributed by atoms with van der Waals surface area (Å²) in [5, 5.41) is 14.9. The summed E-state index contributed by atoms with van der Waals surface area (Å²) in [5.74, 6) is 0.908. The van der Waals surface area contributed by atoms with Crippen LogP contribution in [0.15, 0.2) is 30.5 Å². The zero-order valence-electron chi connectivity index (χ0n) is 13.9. The van der Waals surface area contributed by atoms with E-state index in [0.717, 1.165) is 17.9 Å². The van der Waals surface area contributed by atoms with E-state index in [0.29, 0.717) is 6.04 Å². The number of fused-ring (bicyclic) bond motifs is 2. The summed E-state index contributed by atoms with van der Waals surface area (Å²) in [6, 6.07) is 9.06. The van der Waals surface area contributed by atoms with Gasteiger partial charge in [0.1, 0.15) is 0 Å². The van der Waals surface area contributed by atoms with Crippen molar-refractivity contribution in [2.75, 3.05) is 5.32 Å². The molecular formula is C19H22N4. The van der Waals surface area contributed by atoms with Gasteiger partial charge in [-0.2, -0.15) is 5.10 Å². The molecule has 3 aromatic rings. The largest absolute Gasteiger partial charge is 0.361 e. The van der Waals surface area contributed by atoms with Gasteiger partial charge in [0.25, 0.3) is 0 Å². The van der Waals surface area contributed by atoms with Crippen LogP contribution in [0.1, 0.15) is 41.4 Å². The number of hydrogen-bond acceptors (Lipinski definition) is 3. The van der Waals surface area contributed by atoms with E-state index in [1.807, 2.05) is 6.92 Å². The molecule has 1 aliphatic carbocycles. The van der Waals surface area contributed by atoms with Gasteiger partial charge in [0, 0.05) is 29.7 Å². The number of aromatic nitrogens is 3. The molecule has 23 heavy (non-hydrogen) atoms. The lowest BCUT2D eigenvalue weighted by atomic mass is 9.87. The Morgan fingerprint density at radius 2 is 2.00 bits per heavy atom. The summed E-state index contributed by atoms with van der Waals surface area (Å²) in [5.41, 5.74) is 5.07. The number of benzene rings is 1. The van der Waals surface area contributed by atoms with E-state index in [4.69, 9.17) is 0 Å². The molecule has 2 aromatic heterocycles. The second kappa shape index (κ2) is 5.37. The lowest BCUT2D eigenvalue weighted by molar-refractivity contribution is 0.598. The molecule has 2 heterocycles. The first-order valence-corrected chi connectivity index (χ1v) is 8.28. The zero-order valence-corrected chi connectivity index (χ0v) is 13.9. The normalized spacial score (nSPS) is 17.3. The molecule has 1 atom stereocenters. The molecule has 4 nitrogen and oxygen atoms in total. The van der Waals surface area contributed by atoms with Gasteiger partial charge in [-0.25, -0.2) is 0 Å². The number of hydrogen-bond donors (Lipinski definition) is 1. The van der Waals surface area contributed by atoms with E-state index >= 15 is 0 Å². The minimum absolute atomic E-state index is 0.319. The van der Waals surface area contributed by atoms with Crippen molar-refractivity contribution >= 4 is 16.6 Å². The van der Waals surface area contributed by atoms with Crippen LogP contribution in [-0.4, -0.2) is 14.8 Å². The molecule has 0 spiro atoms. The Morgan fingerprint density at radius 3 is 2.87 bits per heavy atom. The van der Waals surface area contributed by atoms with E-state index in [1.165, 1.54) is 40.4 Å². The highest BCUT2D eigenvalue weighted by atomic mass is 15.2. The standard InChI is InChI=1S/C19H22N4/c1-12-16-11-23(3)13(2)18(16)19(22-21-12)20-17-10-6-8-14-7-4-5-9-15(14)17/h4-5,7,9,11,17H,6,8,10H2,1-3H3,(H,20,22). The first-order chi connectivity index (χ1) is 11.1. The molecule has 118 valence electrons. The number of nitrogens with zero attached hydrogens (tertiary/aromatic N) is 3. The molecule has 0 radical (unpaired) electrons. The molecule has 1 N–H and O–H groups in total. The van der Waals surface area contributed by atoms with Crippen molar-refractivity contribution in [2.45, 2.75) is 39.2 Å². The van der Waals surface area contributed by atoms with Gasteiger partial charge in [-0.05, 0) is 44.2 Å². The number of rotatable bonds is 2. The van der Waals surface area contributed by atoms with Crippen LogP contribution >= 0.6 is 0 Å². The van der Waals surface area contributed by atoms with Crippen LogP contribution in [0.2, 0.25) is 0 Å². The molecule has 4 rings (SSSR count). The Labute approximate surface area is 136 Å². The van der Waals surface area contributed by atoms with Gasteiger partial charge in [-0.1, -0.05) is 24.3 Å². The summed E-state index contributed by atoms with van der Waals surface area (Å²) in [6.07, 6.45) is 5.67. The fourth-order valence-electron chi connectivity index (χ4n) is 3.70. The molecule has 0 saturated heterocycles. The highest BCUT2D eigenvalue weighted by Gasteiger charge is 2.22. The summed E-state index contributed by atoms with van der Waals surface area (Å²) < 4.78 is 2.15. The molecule has 0 amide bonds. The molecule has 1 aliphatic rings. The SMILES string of the molecule is Cc1nnc(NC2CCCc3ccccc32)c2c(C)n(C)cc12. The molecular weight excluding hydrogens is 284 g/mol. The maximum Gasteiger partial charge on any atom is 0.158 e. The Balaban J connectivity index is 1.79. The maximum atomic E-state index is 4.47. The van der Waals surface area contributed by atoms with Gasteiger partial charge in [0.15, 0.2) is 5.82 Å². The van der Waals surface area contributed by atoms with E-state index in [9.17, 15) is 0 Å². The predicted molar refractivity (Wildman–Crippen MR) is 93.7 cm³/mol. The van der Waals surface area contributed by atoms with Crippen molar-refractivity contribution in [1.82, 2.24) is 14.8 Å². The van der Waals surface area contributed by atoms with Crippen LogP contribution in [0, 0.1) is 13.8 Å². The Morgan fingerprint density at radius 1 is 1.17 bits per heavy atom. The van der Waals surface area contributed by atoms with Crippen molar-refractivity contribution in [3.63, 3.8) is 0 Å². The zero-order chi connectivity index (χ0) is 16.0. The molecule has 0 saturated carbocycles. The quantitative estimate of drug-likeness (QED) is 0.776. The average Bonchev–Trinajstić information content (AvgIpc) is 2.87. The minimum Gasteiger partial charge on any atom is -0.361 e. The molecule has 1 unspecified atom stereocenters. The molecule has 1 aromatic carbocycles. The third-order valence-corrected chi connectivity index (χ3v) is 5.09. The second-order valence-electron chi connectivity index (χ2n) is 6.54. The highest BCUT2D eigenvalue weighted by Crippen LogP contribution is 2.35. The summed E-state index contributed by atoms with van der Waals surface area (Å²) >= 11 is 0. The van der Waals surface area contributed by atoms with E-state index in [1.54, 1.807) is 0 Å². The maximum absolute atomic E-state index is 4.47. The number of aryl methyl sites for hydroxylation is 4. The van der Waals surface area contributed by atoms with Crippen molar-refractivity contribution in [1.29, 1.82) is 0 Å². The van der Waals surface area contributed by atoms with Crippen molar-refractivity contribution in [3.8, 4) is 0 Å². The molecule has 0 bridgehead atoms. The van der Waals surface area contributed by atoms with E-state index < -0.39 is 0 Å². The van der Waals surface area contributed by atoms with Crippen LogP contribution in [0.25, 0.3) is 10.8 Å². The molecule has 4 heteroatoms. The smallest absolute Gasteiger partial charge is 0.158 e. The Bertz CT molecular complexity index is 878. The molecule has 0 fully saturated rings. The van der Waals surface area contributed by atoms with Crippen molar-refractivity contribution in [2.24, 2.45) is 7.05 Å². The third-order valence-electron chi connectivity index (χ3n) is 5.09. The van der Waals surface area contributed by atoms with Crippen LogP contribution in [0.5, 0.6) is 0 Å². The van der Waals surface area contributed by atoms with Gasteiger partial charge >= 0.3 is 0 Å². The summed E-state index contributed by atoms with van der Waals surface area (Å²) in [6.45, 7) is 4.16. The van der Waals surface area contributed by atoms with Gasteiger partial charge in [-0.15, -0.1) is 5.10 Å². The lowest BCUT2D eigenvalue weighted by Gasteiger charge is -2.27. The van der Waals surface area contributed by atoms with Crippen LogP contribution in [0.4, 0.5) is 5.82 Å². The topological polar surface area (TPSA) is 42.7 Å². The Hall–Kier alpha value is -2.36. The first kappa shape index (κ1) is 14.2. The highest BCUT2D eigenvalue weighted by molar-refractivity contribution is 5.95. The third kappa shape index (κ3) is 2.29. The predicted octanol–water partition coefficient (Wildman–Crippen LogP) is 4.07. The second-order valence-corrected chi connectivity index (χ2v) is 6.54. The van der Waals surface area contributed by atoms with Crippen molar-refractivity contribution in [3.05, 3.63) is 53.0 Å². The summed E-state index contributed by atoms with van der Waals surface area (Å²) in [7, 11) is 2.08. The van der Waals surface area contributed by atoms with E-state index in [2.05, 4.69) is 64.5 Å². The average molecular weight is 306 g/mol. The fourth-order valence-corrected chi connectivity index (χ4v) is 3.70. The van der Waals surface area contributed by atoms with Crippen LogP contribution < -0.4 is 5.32 Å². The van der Waals surface area contributed by atoms with E-state index in [-0.39, 0.29) is 0 Å². The van der Waals surface area contributed by atoms with Gasteiger partial charge in [-0.3, -0.25) is 0 Å². The first-order valence-electron chi connectivity index (χ1n) is 8.28.